The van der Waals surface area contributed by atoms with Gasteiger partial charge in [0.25, 0.3) is 0 Å². The summed E-state index contributed by atoms with van der Waals surface area (Å²) in [4.78, 5) is 40.7. The van der Waals surface area contributed by atoms with Crippen LogP contribution in [0.3, 0.4) is 0 Å². The Kier molecular flexibility index (Phi) is 8.43. The Labute approximate surface area is 184 Å². The molecule has 8 nitrogen and oxygen atoms in total. The number of imide groups is 1. The third kappa shape index (κ3) is 7.33. The minimum atomic E-state index is -0.390. The molecule has 0 spiro atoms. The van der Waals surface area contributed by atoms with Crippen molar-refractivity contribution in [1.29, 1.82) is 0 Å². The molecule has 0 aromatic heterocycles. The van der Waals surface area contributed by atoms with E-state index in [1.807, 2.05) is 36.9 Å². The van der Waals surface area contributed by atoms with Gasteiger partial charge in [-0.3, -0.25) is 24.7 Å². The van der Waals surface area contributed by atoms with Crippen LogP contribution in [0.2, 0.25) is 0 Å². The molecule has 3 N–H and O–H groups in total. The van der Waals surface area contributed by atoms with Crippen molar-refractivity contribution in [2.75, 3.05) is 44.6 Å². The Morgan fingerprint density at radius 3 is 2.16 bits per heavy atom. The summed E-state index contributed by atoms with van der Waals surface area (Å²) in [5, 5.41) is 8.34. The van der Waals surface area contributed by atoms with Crippen LogP contribution >= 0.6 is 0 Å². The Hall–Kier alpha value is -2.45. The standard InChI is InChI=1S/C23H35N5O3/c1-17-7-6-10-20(18(17)2)25-21(29)15-27-11-13-28(14-12-27)16-22(30)26-23(31)24-19-8-4-3-5-9-19/h6-7,10,19H,3-5,8-9,11-16H2,1-2H3,(H,25,29)(H2,24,26,30,31). The number of anilines is 1. The zero-order valence-electron chi connectivity index (χ0n) is 18.7. The molecule has 170 valence electrons. The van der Waals surface area contributed by atoms with Gasteiger partial charge in [-0.25, -0.2) is 4.79 Å². The highest BCUT2D eigenvalue weighted by molar-refractivity contribution is 5.95. The van der Waals surface area contributed by atoms with Gasteiger partial charge in [0.2, 0.25) is 11.8 Å². The molecule has 3 rings (SSSR count). The smallest absolute Gasteiger partial charge is 0.321 e. The normalized spacial score (nSPS) is 18.4. The van der Waals surface area contributed by atoms with Crippen molar-refractivity contribution in [2.24, 2.45) is 0 Å². The molecule has 1 aromatic carbocycles. The van der Waals surface area contributed by atoms with E-state index in [9.17, 15) is 14.4 Å². The van der Waals surface area contributed by atoms with Gasteiger partial charge in [-0.15, -0.1) is 0 Å². The van der Waals surface area contributed by atoms with E-state index in [0.29, 0.717) is 32.7 Å². The van der Waals surface area contributed by atoms with Gasteiger partial charge < -0.3 is 10.6 Å². The fraction of sp³-hybridized carbons (Fsp3) is 0.609. The minimum Gasteiger partial charge on any atom is -0.335 e. The summed E-state index contributed by atoms with van der Waals surface area (Å²) in [5.74, 6) is -0.311. The first kappa shape index (κ1) is 23.2. The molecule has 1 aliphatic carbocycles. The average molecular weight is 430 g/mol. The number of hydrogen-bond donors (Lipinski definition) is 3. The molecule has 8 heteroatoms. The molecule has 1 aliphatic heterocycles. The molecule has 1 saturated carbocycles. The molecule has 2 fully saturated rings. The number of urea groups is 1. The molecular weight excluding hydrogens is 394 g/mol. The lowest BCUT2D eigenvalue weighted by molar-refractivity contribution is -0.122. The number of rotatable bonds is 6. The van der Waals surface area contributed by atoms with E-state index in [1.165, 1.54) is 6.42 Å². The second kappa shape index (κ2) is 11.2. The predicted octanol–water partition coefficient (Wildman–Crippen LogP) is 2.02. The first-order valence-corrected chi connectivity index (χ1v) is 11.3. The number of hydrogen-bond acceptors (Lipinski definition) is 5. The molecule has 0 bridgehead atoms. The maximum atomic E-state index is 12.4. The summed E-state index contributed by atoms with van der Waals surface area (Å²) in [5.41, 5.74) is 3.09. The van der Waals surface area contributed by atoms with Crippen LogP contribution in [-0.4, -0.2) is 73.0 Å². The molecule has 0 unspecified atom stereocenters. The zero-order chi connectivity index (χ0) is 22.2. The first-order valence-electron chi connectivity index (χ1n) is 11.3. The number of carbonyl (C=O) groups excluding carboxylic acids is 3. The maximum Gasteiger partial charge on any atom is 0.321 e. The number of carbonyl (C=O) groups is 3. The van der Waals surface area contributed by atoms with Gasteiger partial charge in [-0.1, -0.05) is 31.4 Å². The van der Waals surface area contributed by atoms with E-state index < -0.39 is 6.03 Å². The largest absolute Gasteiger partial charge is 0.335 e. The van der Waals surface area contributed by atoms with Crippen molar-refractivity contribution in [1.82, 2.24) is 20.4 Å². The minimum absolute atomic E-state index is 0.0284. The van der Waals surface area contributed by atoms with Crippen molar-refractivity contribution < 1.29 is 14.4 Å². The molecular formula is C23H35N5O3. The fourth-order valence-electron chi connectivity index (χ4n) is 4.22. The Bertz CT molecular complexity index is 783. The lowest BCUT2D eigenvalue weighted by Crippen LogP contribution is -2.52. The summed E-state index contributed by atoms with van der Waals surface area (Å²) in [6.07, 6.45) is 5.46. The van der Waals surface area contributed by atoms with E-state index in [1.54, 1.807) is 0 Å². The number of benzene rings is 1. The highest BCUT2D eigenvalue weighted by Crippen LogP contribution is 2.18. The fourth-order valence-corrected chi connectivity index (χ4v) is 4.22. The zero-order valence-corrected chi connectivity index (χ0v) is 18.7. The second-order valence-electron chi connectivity index (χ2n) is 8.70. The van der Waals surface area contributed by atoms with E-state index in [2.05, 4.69) is 20.9 Å². The summed E-state index contributed by atoms with van der Waals surface area (Å²) < 4.78 is 0. The second-order valence-corrected chi connectivity index (χ2v) is 8.70. The van der Waals surface area contributed by atoms with Crippen LogP contribution in [0.1, 0.15) is 43.2 Å². The van der Waals surface area contributed by atoms with Crippen molar-refractivity contribution >= 4 is 23.5 Å². The summed E-state index contributed by atoms with van der Waals surface area (Å²) in [6.45, 7) is 7.36. The van der Waals surface area contributed by atoms with Crippen molar-refractivity contribution in [2.45, 2.75) is 52.0 Å². The van der Waals surface area contributed by atoms with Gasteiger partial charge in [0.1, 0.15) is 0 Å². The quantitative estimate of drug-likeness (QED) is 0.643. The monoisotopic (exact) mass is 429 g/mol. The third-order valence-electron chi connectivity index (χ3n) is 6.27. The van der Waals surface area contributed by atoms with Crippen molar-refractivity contribution in [3.8, 4) is 0 Å². The number of amides is 4. The van der Waals surface area contributed by atoms with Gasteiger partial charge in [0.05, 0.1) is 13.1 Å². The van der Waals surface area contributed by atoms with Crippen molar-refractivity contribution in [3.63, 3.8) is 0 Å². The Morgan fingerprint density at radius 1 is 0.903 bits per heavy atom. The molecule has 4 amide bonds. The molecule has 1 heterocycles. The van der Waals surface area contributed by atoms with Crippen LogP contribution in [0.5, 0.6) is 0 Å². The van der Waals surface area contributed by atoms with Gasteiger partial charge in [0.15, 0.2) is 0 Å². The van der Waals surface area contributed by atoms with Gasteiger partial charge in [-0.2, -0.15) is 0 Å². The number of nitrogens with one attached hydrogen (secondary N) is 3. The highest BCUT2D eigenvalue weighted by atomic mass is 16.2. The average Bonchev–Trinajstić information content (AvgIpc) is 2.73. The van der Waals surface area contributed by atoms with Gasteiger partial charge >= 0.3 is 6.03 Å². The van der Waals surface area contributed by atoms with Gasteiger partial charge in [-0.05, 0) is 43.9 Å². The van der Waals surface area contributed by atoms with Gasteiger partial charge in [0, 0.05) is 37.9 Å². The maximum absolute atomic E-state index is 12.4. The number of piperazine rings is 1. The molecule has 0 radical (unpaired) electrons. The molecule has 1 aromatic rings. The molecule has 0 atom stereocenters. The van der Waals surface area contributed by atoms with Crippen LogP contribution in [0.4, 0.5) is 10.5 Å². The van der Waals surface area contributed by atoms with E-state index in [0.717, 1.165) is 42.5 Å². The first-order chi connectivity index (χ1) is 14.9. The number of aryl methyl sites for hydroxylation is 1. The lowest BCUT2D eigenvalue weighted by Gasteiger charge is -2.33. The SMILES string of the molecule is Cc1cccc(NC(=O)CN2CCN(CC(=O)NC(=O)NC3CCCCC3)CC2)c1C. The van der Waals surface area contributed by atoms with Crippen LogP contribution in [-0.2, 0) is 9.59 Å². The van der Waals surface area contributed by atoms with Crippen molar-refractivity contribution in [3.05, 3.63) is 29.3 Å². The van der Waals surface area contributed by atoms with E-state index >= 15 is 0 Å². The van der Waals surface area contributed by atoms with Crippen LogP contribution in [0.25, 0.3) is 0 Å². The highest BCUT2D eigenvalue weighted by Gasteiger charge is 2.22. The molecule has 1 saturated heterocycles. The molecule has 2 aliphatic rings. The van der Waals surface area contributed by atoms with Crippen LogP contribution < -0.4 is 16.0 Å². The van der Waals surface area contributed by atoms with E-state index in [4.69, 9.17) is 0 Å². The van der Waals surface area contributed by atoms with Crippen LogP contribution in [0.15, 0.2) is 18.2 Å². The topological polar surface area (TPSA) is 93.8 Å². The van der Waals surface area contributed by atoms with E-state index in [-0.39, 0.29) is 24.4 Å². The Morgan fingerprint density at radius 2 is 1.52 bits per heavy atom. The summed E-state index contributed by atoms with van der Waals surface area (Å²) >= 11 is 0. The Balaban J connectivity index is 1.34. The third-order valence-corrected chi connectivity index (χ3v) is 6.27. The summed E-state index contributed by atoms with van der Waals surface area (Å²) in [7, 11) is 0. The summed E-state index contributed by atoms with van der Waals surface area (Å²) in [6, 6.07) is 5.68. The van der Waals surface area contributed by atoms with Crippen LogP contribution in [0, 0.1) is 13.8 Å². The molecule has 31 heavy (non-hydrogen) atoms. The number of nitrogens with zero attached hydrogens (tertiary/aromatic N) is 2. The predicted molar refractivity (Wildman–Crippen MR) is 121 cm³/mol. The lowest BCUT2D eigenvalue weighted by atomic mass is 9.96.